The van der Waals surface area contributed by atoms with Crippen LogP contribution in [0.3, 0.4) is 0 Å². The Bertz CT molecular complexity index is 946. The molecule has 0 radical (unpaired) electrons. The van der Waals surface area contributed by atoms with E-state index in [1.165, 1.54) is 6.20 Å². The van der Waals surface area contributed by atoms with Gasteiger partial charge in [0.05, 0.1) is 42.9 Å². The van der Waals surface area contributed by atoms with Crippen LogP contribution < -0.4 is 20.7 Å². The topological polar surface area (TPSA) is 150 Å². The van der Waals surface area contributed by atoms with E-state index in [9.17, 15) is 8.42 Å². The lowest BCUT2D eigenvalue weighted by molar-refractivity contribution is 0.0690. The molecule has 0 aliphatic carbocycles. The van der Waals surface area contributed by atoms with Crippen molar-refractivity contribution in [1.82, 2.24) is 20.0 Å². The largest absolute Gasteiger partial charge is 0.392 e. The molecule has 0 amide bonds. The molecule has 2 aliphatic heterocycles. The smallest absolute Gasteiger partial charge is 0.229 e. The van der Waals surface area contributed by atoms with Gasteiger partial charge in [-0.2, -0.15) is 4.98 Å². The van der Waals surface area contributed by atoms with E-state index >= 15 is 0 Å². The summed E-state index contributed by atoms with van der Waals surface area (Å²) in [7, 11) is -1.71. The van der Waals surface area contributed by atoms with Crippen molar-refractivity contribution in [3.8, 4) is 0 Å². The second kappa shape index (κ2) is 10.8. The fourth-order valence-corrected chi connectivity index (χ4v) is 5.49. The summed E-state index contributed by atoms with van der Waals surface area (Å²) in [6.45, 7) is 4.42. The lowest BCUT2D eigenvalue weighted by Gasteiger charge is -2.20. The van der Waals surface area contributed by atoms with E-state index in [2.05, 4.69) is 30.6 Å². The molecule has 0 bridgehead atoms. The molecular weight excluding hydrogens is 458 g/mol. The molecule has 3 rings (SSSR count). The second-order valence-electron chi connectivity index (χ2n) is 7.91. The average molecular weight is 488 g/mol. The van der Waals surface area contributed by atoms with Crippen LogP contribution in [-0.4, -0.2) is 74.9 Å². The summed E-state index contributed by atoms with van der Waals surface area (Å²) in [6, 6.07) is -0.708. The summed E-state index contributed by atoms with van der Waals surface area (Å²) in [4.78, 5) is 8.51. The molecule has 2 fully saturated rings. The fraction of sp³-hybridized carbons (Fsp3) is 0.632. The number of halogens is 1. The third kappa shape index (κ3) is 6.07. The van der Waals surface area contributed by atoms with E-state index in [1.54, 1.807) is 13.2 Å². The van der Waals surface area contributed by atoms with E-state index in [1.807, 2.05) is 13.8 Å². The average Bonchev–Trinajstić information content (AvgIpc) is 3.32. The van der Waals surface area contributed by atoms with Gasteiger partial charge in [-0.05, 0) is 5.92 Å². The highest BCUT2D eigenvalue weighted by Gasteiger charge is 2.49. The van der Waals surface area contributed by atoms with E-state index in [-0.39, 0.29) is 36.4 Å². The molecule has 0 spiro atoms. The lowest BCUT2D eigenvalue weighted by Crippen LogP contribution is -2.46. The summed E-state index contributed by atoms with van der Waals surface area (Å²) in [6.07, 6.45) is 4.22. The van der Waals surface area contributed by atoms with Crippen LogP contribution in [0.5, 0.6) is 0 Å². The van der Waals surface area contributed by atoms with Crippen molar-refractivity contribution < 1.29 is 17.9 Å². The zero-order valence-corrected chi connectivity index (χ0v) is 19.8. The van der Waals surface area contributed by atoms with Gasteiger partial charge in [0.2, 0.25) is 16.0 Å². The first kappa shape index (κ1) is 24.6. The van der Waals surface area contributed by atoms with Crippen molar-refractivity contribution in [2.75, 3.05) is 36.6 Å². The molecule has 13 heteroatoms. The first-order valence-electron chi connectivity index (χ1n) is 10.4. The Morgan fingerprint density at radius 3 is 2.69 bits per heavy atom. The minimum absolute atomic E-state index is 0.0726. The molecule has 0 saturated carbocycles. The highest BCUT2D eigenvalue weighted by molar-refractivity contribution is 7.89. The van der Waals surface area contributed by atoms with Gasteiger partial charge in [-0.15, -0.1) is 0 Å². The van der Waals surface area contributed by atoms with Crippen LogP contribution >= 0.6 is 11.6 Å². The van der Waals surface area contributed by atoms with Gasteiger partial charge >= 0.3 is 0 Å². The first-order valence-corrected chi connectivity index (χ1v) is 12.5. The molecule has 0 aromatic carbocycles. The van der Waals surface area contributed by atoms with Crippen LogP contribution in [0.25, 0.3) is 0 Å². The highest BCUT2D eigenvalue weighted by Crippen LogP contribution is 2.31. The number of sulfonamides is 1. The molecule has 5 N–H and O–H groups in total. The van der Waals surface area contributed by atoms with E-state index in [0.29, 0.717) is 23.1 Å². The van der Waals surface area contributed by atoms with Gasteiger partial charge in [-0.25, -0.2) is 18.1 Å². The molecule has 2 saturated heterocycles. The normalized spacial score (nSPS) is 26.4. The van der Waals surface area contributed by atoms with Crippen molar-refractivity contribution in [3.05, 3.63) is 23.1 Å². The van der Waals surface area contributed by atoms with Crippen molar-refractivity contribution in [2.24, 2.45) is 5.92 Å². The van der Waals surface area contributed by atoms with Gasteiger partial charge in [-0.1, -0.05) is 31.9 Å². The van der Waals surface area contributed by atoms with Crippen molar-refractivity contribution >= 4 is 39.6 Å². The van der Waals surface area contributed by atoms with Crippen molar-refractivity contribution in [2.45, 2.75) is 44.6 Å². The molecule has 5 atom stereocenters. The Hall–Kier alpha value is -1.99. The summed E-state index contributed by atoms with van der Waals surface area (Å²) in [5.74, 6) is 0.797. The number of nitrogens with zero attached hydrogens (tertiary/aromatic N) is 2. The number of hydrogen-bond donors (Lipinski definition) is 5. The minimum Gasteiger partial charge on any atom is -0.392 e. The number of fused-ring (bicyclic) bond motifs is 1. The monoisotopic (exact) mass is 487 g/mol. The maximum absolute atomic E-state index is 12.5. The molecule has 5 unspecified atom stereocenters. The Morgan fingerprint density at radius 1 is 1.34 bits per heavy atom. The summed E-state index contributed by atoms with van der Waals surface area (Å²) >= 11 is 6.27. The SMILES string of the molecule is CCC(C)CS(=O)(=O)NC1COC2C(Nc3nc(N/C(C=N)=C/NC)ncc3Cl)COC12. The summed E-state index contributed by atoms with van der Waals surface area (Å²) in [5.41, 5.74) is 0.469. The molecule has 32 heavy (non-hydrogen) atoms. The van der Waals surface area contributed by atoms with Crippen LogP contribution in [-0.2, 0) is 19.5 Å². The van der Waals surface area contributed by atoms with Crippen molar-refractivity contribution in [3.63, 3.8) is 0 Å². The standard InChI is InChI=1S/C19H30ClN7O4S/c1-4-11(2)10-32(28,29)27-15-9-31-16-14(8-30-17(15)16)25-18-13(20)7-23-19(26-18)24-12(5-21)6-22-3/h5-7,11,14-17,21-22,27H,4,8-10H2,1-3H3,(H2,23,24,25,26)/b12-6+,21-5?. The number of ether oxygens (including phenoxy) is 2. The van der Waals surface area contributed by atoms with Crippen molar-refractivity contribution in [1.29, 1.82) is 5.41 Å². The maximum atomic E-state index is 12.5. The van der Waals surface area contributed by atoms with Crippen LogP contribution in [0.2, 0.25) is 5.02 Å². The number of hydrogen-bond acceptors (Lipinski definition) is 10. The molecule has 1 aromatic rings. The molecule has 3 heterocycles. The summed E-state index contributed by atoms with van der Waals surface area (Å²) < 4.78 is 39.4. The highest BCUT2D eigenvalue weighted by atomic mass is 35.5. The predicted molar refractivity (Wildman–Crippen MR) is 124 cm³/mol. The Kier molecular flexibility index (Phi) is 8.28. The molecule has 1 aromatic heterocycles. The Labute approximate surface area is 193 Å². The first-order chi connectivity index (χ1) is 15.3. The molecule has 11 nitrogen and oxygen atoms in total. The van der Waals surface area contributed by atoms with E-state index in [0.717, 1.165) is 12.6 Å². The van der Waals surface area contributed by atoms with Crippen LogP contribution in [0, 0.1) is 11.3 Å². The van der Waals surface area contributed by atoms with Gasteiger partial charge in [0, 0.05) is 19.5 Å². The zero-order valence-electron chi connectivity index (χ0n) is 18.3. The minimum atomic E-state index is -3.43. The lowest BCUT2D eigenvalue weighted by atomic mass is 10.1. The molecular formula is C19H30ClN7O4S. The van der Waals surface area contributed by atoms with Gasteiger partial charge in [-0.3, -0.25) is 0 Å². The van der Waals surface area contributed by atoms with E-state index in [4.69, 9.17) is 26.5 Å². The summed E-state index contributed by atoms with van der Waals surface area (Å²) in [5, 5.41) is 16.7. The molecule has 178 valence electrons. The fourth-order valence-electron chi connectivity index (χ4n) is 3.60. The number of rotatable bonds is 11. The Morgan fingerprint density at radius 2 is 2.03 bits per heavy atom. The Balaban J connectivity index is 1.65. The maximum Gasteiger partial charge on any atom is 0.229 e. The van der Waals surface area contributed by atoms with Crippen LogP contribution in [0.1, 0.15) is 20.3 Å². The van der Waals surface area contributed by atoms with Gasteiger partial charge in [0.15, 0.2) is 5.82 Å². The van der Waals surface area contributed by atoms with Gasteiger partial charge in [0.25, 0.3) is 0 Å². The third-order valence-corrected chi connectivity index (χ3v) is 7.31. The van der Waals surface area contributed by atoms with Gasteiger partial charge < -0.3 is 30.8 Å². The quantitative estimate of drug-likeness (QED) is 0.290. The number of aromatic nitrogens is 2. The van der Waals surface area contributed by atoms with Gasteiger partial charge in [0.1, 0.15) is 17.2 Å². The third-order valence-electron chi connectivity index (χ3n) is 5.36. The number of anilines is 2. The second-order valence-corrected chi connectivity index (χ2v) is 10.1. The zero-order chi connectivity index (χ0) is 23.3. The van der Waals surface area contributed by atoms with E-state index < -0.39 is 22.2 Å². The predicted octanol–water partition coefficient (Wildman–Crippen LogP) is 1.16. The molecule has 2 aliphatic rings. The number of allylic oxidation sites excluding steroid dienone is 1. The van der Waals surface area contributed by atoms with Crippen LogP contribution in [0.15, 0.2) is 18.1 Å². The van der Waals surface area contributed by atoms with Crippen LogP contribution in [0.4, 0.5) is 11.8 Å². The number of nitrogens with one attached hydrogen (secondary N) is 5.